The van der Waals surface area contributed by atoms with Gasteiger partial charge in [0.15, 0.2) is 0 Å². The van der Waals surface area contributed by atoms with Gasteiger partial charge in [-0.05, 0) is 31.9 Å². The summed E-state index contributed by atoms with van der Waals surface area (Å²) in [5.74, 6) is 0. The van der Waals surface area contributed by atoms with Crippen molar-refractivity contribution >= 4 is 0 Å². The first-order valence-electron chi connectivity index (χ1n) is 8.10. The van der Waals surface area contributed by atoms with Crippen LogP contribution < -0.4 is 0 Å². The van der Waals surface area contributed by atoms with Gasteiger partial charge >= 0.3 is 12.4 Å². The van der Waals surface area contributed by atoms with E-state index in [9.17, 15) is 26.3 Å². The molecule has 26 heavy (non-hydrogen) atoms. The molecule has 0 aliphatic carbocycles. The Labute approximate surface area is 152 Å². The minimum atomic E-state index is -5.60. The average Bonchev–Trinajstić information content (AvgIpc) is 2.52. The molecule has 0 amide bonds. The van der Waals surface area contributed by atoms with Crippen molar-refractivity contribution in [2.75, 3.05) is 0 Å². The highest BCUT2D eigenvalue weighted by atomic mass is 19.4. The minimum Gasteiger partial charge on any atom is -0.169 e. The molecule has 0 nitrogen and oxygen atoms in total. The number of rotatable bonds is 6. The minimum absolute atomic E-state index is 0.730. The normalized spacial score (nSPS) is 14.9. The van der Waals surface area contributed by atoms with E-state index in [1.54, 1.807) is 0 Å². The average molecular weight is 380 g/mol. The van der Waals surface area contributed by atoms with Crippen molar-refractivity contribution in [1.29, 1.82) is 0 Å². The van der Waals surface area contributed by atoms with Crippen LogP contribution in [0.25, 0.3) is 0 Å². The summed E-state index contributed by atoms with van der Waals surface area (Å²) in [6, 6.07) is 0. The first-order chi connectivity index (χ1) is 12.0. The van der Waals surface area contributed by atoms with Crippen LogP contribution in [0.5, 0.6) is 0 Å². The molecule has 148 valence electrons. The standard InChI is InChI=1S/C18H20F6.C2H6/c1-5-9-13-15(12-8-4)16(17(19,20)21,18(22,23)24)14(10-6-2)11-7-3;1-2/h5-13H,2H2,1,3-4H3;1-2H3/b9-5-,11-7-,12-8-,14-10+,15-13+;. The van der Waals surface area contributed by atoms with Gasteiger partial charge in [0.25, 0.3) is 0 Å². The lowest BCUT2D eigenvalue weighted by Gasteiger charge is -2.39. The van der Waals surface area contributed by atoms with Crippen LogP contribution in [0.3, 0.4) is 0 Å². The maximum atomic E-state index is 13.8. The van der Waals surface area contributed by atoms with Crippen LogP contribution in [-0.4, -0.2) is 12.4 Å². The summed E-state index contributed by atoms with van der Waals surface area (Å²) in [7, 11) is 0. The van der Waals surface area contributed by atoms with E-state index in [0.29, 0.717) is 0 Å². The van der Waals surface area contributed by atoms with Crippen LogP contribution in [0.2, 0.25) is 0 Å². The van der Waals surface area contributed by atoms with E-state index in [1.165, 1.54) is 26.8 Å². The van der Waals surface area contributed by atoms with Gasteiger partial charge in [0, 0.05) is 0 Å². The summed E-state index contributed by atoms with van der Waals surface area (Å²) in [5.41, 5.74) is -6.03. The Morgan fingerprint density at radius 1 is 0.692 bits per heavy atom. The third kappa shape index (κ3) is 5.78. The van der Waals surface area contributed by atoms with Gasteiger partial charge in [-0.1, -0.05) is 75.1 Å². The first kappa shape index (κ1) is 26.3. The fraction of sp³-hybridized carbons (Fsp3) is 0.400. The summed E-state index contributed by atoms with van der Waals surface area (Å²) in [6.45, 7) is 11.4. The molecule has 6 heteroatoms. The molecule has 0 aromatic heterocycles. The molecule has 0 saturated heterocycles. The SMILES string of the molecule is C=C/C=C(\C=C/C)C(C(/C=C\C)=C/C=C\C)(C(F)(F)F)C(F)(F)F.CC. The predicted molar refractivity (Wildman–Crippen MR) is 96.7 cm³/mol. The lowest BCUT2D eigenvalue weighted by Crippen LogP contribution is -2.52. The van der Waals surface area contributed by atoms with E-state index in [4.69, 9.17) is 0 Å². The second-order valence-electron chi connectivity index (χ2n) is 4.75. The molecule has 0 fully saturated rings. The molecule has 0 aliphatic heterocycles. The molecule has 0 spiro atoms. The van der Waals surface area contributed by atoms with Gasteiger partial charge in [0.1, 0.15) is 0 Å². The van der Waals surface area contributed by atoms with Gasteiger partial charge in [-0.25, -0.2) is 0 Å². The second-order valence-corrected chi connectivity index (χ2v) is 4.75. The quantitative estimate of drug-likeness (QED) is 0.325. The fourth-order valence-corrected chi connectivity index (χ4v) is 2.28. The maximum Gasteiger partial charge on any atom is 0.411 e. The lowest BCUT2D eigenvalue weighted by atomic mass is 9.71. The van der Waals surface area contributed by atoms with E-state index in [2.05, 4.69) is 6.58 Å². The van der Waals surface area contributed by atoms with Crippen molar-refractivity contribution in [1.82, 2.24) is 0 Å². The predicted octanol–water partition coefficient (Wildman–Crippen LogP) is 7.89. The first-order valence-corrected chi connectivity index (χ1v) is 8.10. The molecule has 0 bridgehead atoms. The summed E-state index contributed by atoms with van der Waals surface area (Å²) < 4.78 is 83.0. The Bertz CT molecular complexity index is 552. The van der Waals surface area contributed by atoms with Crippen molar-refractivity contribution in [3.63, 3.8) is 0 Å². The zero-order valence-corrected chi connectivity index (χ0v) is 15.7. The highest BCUT2D eigenvalue weighted by Crippen LogP contribution is 2.60. The van der Waals surface area contributed by atoms with Crippen molar-refractivity contribution in [2.45, 2.75) is 47.0 Å². The molecule has 0 atom stereocenters. The molecule has 0 aromatic carbocycles. The van der Waals surface area contributed by atoms with Gasteiger partial charge in [0.2, 0.25) is 5.41 Å². The van der Waals surface area contributed by atoms with Gasteiger partial charge in [-0.3, -0.25) is 0 Å². The Balaban J connectivity index is 0. The number of hydrogen-bond donors (Lipinski definition) is 0. The van der Waals surface area contributed by atoms with E-state index < -0.39 is 28.9 Å². The largest absolute Gasteiger partial charge is 0.411 e. The van der Waals surface area contributed by atoms with E-state index in [1.807, 2.05) is 13.8 Å². The highest BCUT2D eigenvalue weighted by molar-refractivity contribution is 5.48. The maximum absolute atomic E-state index is 13.8. The third-order valence-corrected chi connectivity index (χ3v) is 3.17. The molecular formula is C20H26F6. The van der Waals surface area contributed by atoms with Crippen molar-refractivity contribution in [2.24, 2.45) is 5.41 Å². The zero-order valence-electron chi connectivity index (χ0n) is 15.7. The van der Waals surface area contributed by atoms with Gasteiger partial charge in [-0.15, -0.1) is 0 Å². The summed E-state index contributed by atoms with van der Waals surface area (Å²) in [5, 5.41) is 0. The molecule has 0 aromatic rings. The zero-order chi connectivity index (χ0) is 21.0. The molecule has 0 aliphatic rings. The fourth-order valence-electron chi connectivity index (χ4n) is 2.28. The molecule has 0 radical (unpaired) electrons. The van der Waals surface area contributed by atoms with Crippen LogP contribution in [0.1, 0.15) is 34.6 Å². The van der Waals surface area contributed by atoms with Crippen LogP contribution in [0, 0.1) is 5.41 Å². The molecule has 0 N–H and O–H groups in total. The molecule has 0 unspecified atom stereocenters. The van der Waals surface area contributed by atoms with Gasteiger partial charge < -0.3 is 0 Å². The molecule has 0 rings (SSSR count). The van der Waals surface area contributed by atoms with E-state index >= 15 is 0 Å². The van der Waals surface area contributed by atoms with Crippen molar-refractivity contribution < 1.29 is 26.3 Å². The Kier molecular flexibility index (Phi) is 11.7. The molecule has 0 heterocycles. The lowest BCUT2D eigenvalue weighted by molar-refractivity contribution is -0.308. The van der Waals surface area contributed by atoms with Crippen molar-refractivity contribution in [3.8, 4) is 0 Å². The summed E-state index contributed by atoms with van der Waals surface area (Å²) in [4.78, 5) is 0. The number of hydrogen-bond acceptors (Lipinski definition) is 0. The van der Waals surface area contributed by atoms with Gasteiger partial charge in [0.05, 0.1) is 0 Å². The van der Waals surface area contributed by atoms with E-state index in [-0.39, 0.29) is 0 Å². The van der Waals surface area contributed by atoms with Crippen molar-refractivity contribution in [3.05, 3.63) is 72.4 Å². The Hall–Kier alpha value is -1.98. The number of halogens is 6. The molecular weight excluding hydrogens is 354 g/mol. The van der Waals surface area contributed by atoms with Crippen LogP contribution >= 0.6 is 0 Å². The topological polar surface area (TPSA) is 0 Å². The molecule has 0 saturated carbocycles. The van der Waals surface area contributed by atoms with E-state index in [0.717, 1.165) is 48.6 Å². The van der Waals surface area contributed by atoms with Crippen LogP contribution in [-0.2, 0) is 0 Å². The summed E-state index contributed by atoms with van der Waals surface area (Å²) >= 11 is 0. The number of alkyl halides is 6. The van der Waals surface area contributed by atoms with Crippen LogP contribution in [0.4, 0.5) is 26.3 Å². The smallest absolute Gasteiger partial charge is 0.169 e. The second kappa shape index (κ2) is 11.6. The Morgan fingerprint density at radius 3 is 1.35 bits per heavy atom. The number of allylic oxidation sites excluding steroid dienone is 11. The van der Waals surface area contributed by atoms with Crippen LogP contribution in [0.15, 0.2) is 72.4 Å². The highest BCUT2D eigenvalue weighted by Gasteiger charge is 2.73. The summed E-state index contributed by atoms with van der Waals surface area (Å²) in [6.07, 6.45) is -2.36. The third-order valence-electron chi connectivity index (χ3n) is 3.17. The monoisotopic (exact) mass is 380 g/mol. The van der Waals surface area contributed by atoms with Gasteiger partial charge in [-0.2, -0.15) is 26.3 Å². The Morgan fingerprint density at radius 2 is 1.08 bits per heavy atom.